The average Bonchev–Trinajstić information content (AvgIpc) is 2.82. The molecule has 2 aliphatic rings. The number of aldehydes is 1. The monoisotopic (exact) mass is 210 g/mol. The molecule has 1 heterocycles. The molecule has 0 N–H and O–H groups in total. The molecule has 2 rings (SSSR count). The zero-order valence-electron chi connectivity index (χ0n) is 10.1. The molecule has 2 fully saturated rings. The molecule has 2 nitrogen and oxygen atoms in total. The van der Waals surface area contributed by atoms with Crippen LogP contribution in [-0.4, -0.2) is 18.0 Å². The van der Waals surface area contributed by atoms with Crippen molar-refractivity contribution in [2.75, 3.05) is 0 Å². The lowest BCUT2D eigenvalue weighted by Crippen LogP contribution is -2.40. The van der Waals surface area contributed by atoms with Crippen LogP contribution in [0.15, 0.2) is 0 Å². The standard InChI is InChI=1S/C13H22O2/c1-12(2)8-7-11-13(3,15-11)10(12)6-4-5-9-14/h9-11H,4-8H2,1-3H3/t10?,11-,13+/m0/s1. The maximum absolute atomic E-state index is 10.3. The summed E-state index contributed by atoms with van der Waals surface area (Å²) in [4.78, 5) is 10.3. The van der Waals surface area contributed by atoms with Gasteiger partial charge < -0.3 is 9.53 Å². The second-order valence-corrected chi connectivity index (χ2v) is 5.97. The molecular weight excluding hydrogens is 188 g/mol. The topological polar surface area (TPSA) is 29.6 Å². The van der Waals surface area contributed by atoms with Crippen molar-refractivity contribution >= 4 is 6.29 Å². The smallest absolute Gasteiger partial charge is 0.119 e. The van der Waals surface area contributed by atoms with Gasteiger partial charge in [-0.2, -0.15) is 0 Å². The summed E-state index contributed by atoms with van der Waals surface area (Å²) in [6, 6.07) is 0. The molecule has 0 aromatic carbocycles. The molecule has 1 aliphatic carbocycles. The number of fused-ring (bicyclic) bond motifs is 1. The van der Waals surface area contributed by atoms with Crippen molar-refractivity contribution in [3.63, 3.8) is 0 Å². The van der Waals surface area contributed by atoms with Crippen LogP contribution in [0.2, 0.25) is 0 Å². The van der Waals surface area contributed by atoms with E-state index in [2.05, 4.69) is 20.8 Å². The maximum Gasteiger partial charge on any atom is 0.119 e. The molecule has 1 unspecified atom stereocenters. The Hall–Kier alpha value is -0.370. The van der Waals surface area contributed by atoms with E-state index in [-0.39, 0.29) is 5.60 Å². The number of epoxide rings is 1. The molecule has 1 saturated heterocycles. The summed E-state index contributed by atoms with van der Waals surface area (Å²) in [6.45, 7) is 6.95. The Morgan fingerprint density at radius 1 is 1.40 bits per heavy atom. The molecule has 15 heavy (non-hydrogen) atoms. The number of hydrogen-bond donors (Lipinski definition) is 0. The van der Waals surface area contributed by atoms with Gasteiger partial charge in [0.15, 0.2) is 0 Å². The van der Waals surface area contributed by atoms with Crippen LogP contribution in [0.1, 0.15) is 52.9 Å². The van der Waals surface area contributed by atoms with Gasteiger partial charge in [0, 0.05) is 6.42 Å². The van der Waals surface area contributed by atoms with Crippen molar-refractivity contribution in [1.82, 2.24) is 0 Å². The third-order valence-electron chi connectivity index (χ3n) is 4.48. The molecule has 1 aliphatic heterocycles. The number of rotatable bonds is 4. The van der Waals surface area contributed by atoms with Gasteiger partial charge in [0.1, 0.15) is 6.29 Å². The van der Waals surface area contributed by atoms with Gasteiger partial charge in [-0.15, -0.1) is 0 Å². The molecular formula is C13H22O2. The summed E-state index contributed by atoms with van der Waals surface area (Å²) < 4.78 is 5.86. The first kappa shape index (κ1) is 11.1. The highest BCUT2D eigenvalue weighted by Crippen LogP contribution is 2.59. The van der Waals surface area contributed by atoms with Crippen LogP contribution in [0.4, 0.5) is 0 Å². The van der Waals surface area contributed by atoms with Gasteiger partial charge in [0.05, 0.1) is 11.7 Å². The van der Waals surface area contributed by atoms with Gasteiger partial charge in [-0.3, -0.25) is 0 Å². The fourth-order valence-electron chi connectivity index (χ4n) is 3.46. The second kappa shape index (κ2) is 3.58. The van der Waals surface area contributed by atoms with Crippen LogP contribution < -0.4 is 0 Å². The molecule has 0 bridgehead atoms. The van der Waals surface area contributed by atoms with Crippen LogP contribution in [0.25, 0.3) is 0 Å². The van der Waals surface area contributed by atoms with Crippen molar-refractivity contribution in [3.05, 3.63) is 0 Å². The molecule has 2 heteroatoms. The van der Waals surface area contributed by atoms with Crippen LogP contribution in [0.3, 0.4) is 0 Å². The molecule has 86 valence electrons. The highest BCUT2D eigenvalue weighted by molar-refractivity contribution is 5.48. The van der Waals surface area contributed by atoms with Gasteiger partial charge in [0.25, 0.3) is 0 Å². The minimum absolute atomic E-state index is 0.130. The summed E-state index contributed by atoms with van der Waals surface area (Å²) in [5, 5.41) is 0. The highest BCUT2D eigenvalue weighted by Gasteiger charge is 2.63. The van der Waals surface area contributed by atoms with Crippen molar-refractivity contribution in [1.29, 1.82) is 0 Å². The summed E-state index contributed by atoms with van der Waals surface area (Å²) in [6.07, 6.45) is 6.87. The number of unbranched alkanes of at least 4 members (excludes halogenated alkanes) is 1. The Morgan fingerprint density at radius 3 is 2.80 bits per heavy atom. The van der Waals surface area contributed by atoms with Crippen molar-refractivity contribution in [3.8, 4) is 0 Å². The first-order valence-corrected chi connectivity index (χ1v) is 6.12. The lowest BCUT2D eigenvalue weighted by atomic mass is 9.62. The van der Waals surface area contributed by atoms with E-state index in [0.29, 0.717) is 23.9 Å². The normalized spacial score (nSPS) is 42.1. The molecule has 0 aromatic rings. The second-order valence-electron chi connectivity index (χ2n) is 5.97. The van der Waals surface area contributed by atoms with E-state index in [0.717, 1.165) is 19.1 Å². The quantitative estimate of drug-likeness (QED) is 0.405. The van der Waals surface area contributed by atoms with Crippen LogP contribution in [0, 0.1) is 11.3 Å². The zero-order chi connectivity index (χ0) is 11.1. The van der Waals surface area contributed by atoms with E-state index in [1.54, 1.807) is 0 Å². The molecule has 1 saturated carbocycles. The van der Waals surface area contributed by atoms with Crippen LogP contribution in [-0.2, 0) is 9.53 Å². The number of hydrogen-bond acceptors (Lipinski definition) is 2. The zero-order valence-corrected chi connectivity index (χ0v) is 10.1. The molecule has 3 atom stereocenters. The third-order valence-corrected chi connectivity index (χ3v) is 4.48. The van der Waals surface area contributed by atoms with E-state index in [1.807, 2.05) is 0 Å². The van der Waals surface area contributed by atoms with E-state index in [9.17, 15) is 4.79 Å². The average molecular weight is 210 g/mol. The van der Waals surface area contributed by atoms with Crippen molar-refractivity contribution in [2.45, 2.75) is 64.6 Å². The van der Waals surface area contributed by atoms with Gasteiger partial charge in [-0.05, 0) is 43.9 Å². The Kier molecular flexibility index (Phi) is 2.66. The van der Waals surface area contributed by atoms with Gasteiger partial charge in [-0.25, -0.2) is 0 Å². The Balaban J connectivity index is 2.00. The molecule has 0 radical (unpaired) electrons. The highest BCUT2D eigenvalue weighted by atomic mass is 16.6. The summed E-state index contributed by atoms with van der Waals surface area (Å²) in [7, 11) is 0. The Labute approximate surface area is 92.4 Å². The van der Waals surface area contributed by atoms with Crippen molar-refractivity contribution in [2.24, 2.45) is 11.3 Å². The van der Waals surface area contributed by atoms with E-state index < -0.39 is 0 Å². The van der Waals surface area contributed by atoms with E-state index >= 15 is 0 Å². The number of carbonyl (C=O) groups is 1. The summed E-state index contributed by atoms with van der Waals surface area (Å²) >= 11 is 0. The predicted molar refractivity (Wildman–Crippen MR) is 59.7 cm³/mol. The maximum atomic E-state index is 10.3. The summed E-state index contributed by atoms with van der Waals surface area (Å²) in [5.41, 5.74) is 0.509. The third kappa shape index (κ3) is 1.84. The minimum Gasteiger partial charge on any atom is -0.366 e. The predicted octanol–water partition coefficient (Wildman–Crippen LogP) is 2.95. The summed E-state index contributed by atoms with van der Waals surface area (Å²) in [5.74, 6) is 0.628. The first-order valence-electron chi connectivity index (χ1n) is 6.12. The minimum atomic E-state index is 0.130. The lowest BCUT2D eigenvalue weighted by molar-refractivity contribution is -0.108. The van der Waals surface area contributed by atoms with Gasteiger partial charge >= 0.3 is 0 Å². The molecule has 0 amide bonds. The van der Waals surface area contributed by atoms with Crippen LogP contribution >= 0.6 is 0 Å². The fourth-order valence-corrected chi connectivity index (χ4v) is 3.46. The number of ether oxygens (including phenoxy) is 1. The Morgan fingerprint density at radius 2 is 2.13 bits per heavy atom. The van der Waals surface area contributed by atoms with E-state index in [4.69, 9.17) is 4.74 Å². The Bertz CT molecular complexity index is 255. The van der Waals surface area contributed by atoms with Gasteiger partial charge in [0.2, 0.25) is 0 Å². The molecule has 0 aromatic heterocycles. The largest absolute Gasteiger partial charge is 0.366 e. The number of carbonyl (C=O) groups excluding carboxylic acids is 1. The fraction of sp³-hybridized carbons (Fsp3) is 0.923. The SMILES string of the molecule is CC1(C)CC[C@@H]2O[C@]2(C)C1CCCC=O. The van der Waals surface area contributed by atoms with Gasteiger partial charge in [-0.1, -0.05) is 13.8 Å². The van der Waals surface area contributed by atoms with Crippen LogP contribution in [0.5, 0.6) is 0 Å². The van der Waals surface area contributed by atoms with E-state index in [1.165, 1.54) is 12.8 Å². The first-order chi connectivity index (χ1) is 7.00. The van der Waals surface area contributed by atoms with Crippen molar-refractivity contribution < 1.29 is 9.53 Å². The lowest BCUT2D eigenvalue weighted by Gasteiger charge is -2.40. The molecule has 0 spiro atoms.